The highest BCUT2D eigenvalue weighted by atomic mass is 35.5. The third-order valence-electron chi connectivity index (χ3n) is 4.63. The van der Waals surface area contributed by atoms with Crippen molar-refractivity contribution < 1.29 is 9.90 Å². The van der Waals surface area contributed by atoms with Crippen molar-refractivity contribution in [3.8, 4) is 5.75 Å². The maximum atomic E-state index is 13.2. The van der Waals surface area contributed by atoms with Crippen LogP contribution in [0, 0.1) is 0 Å². The first-order valence-electron chi connectivity index (χ1n) is 8.64. The Labute approximate surface area is 162 Å². The van der Waals surface area contributed by atoms with Crippen molar-refractivity contribution in [3.63, 3.8) is 0 Å². The summed E-state index contributed by atoms with van der Waals surface area (Å²) in [5, 5.41) is 16.7. The maximum Gasteiger partial charge on any atom is 0.276 e. The molecule has 27 heavy (non-hydrogen) atoms. The highest BCUT2D eigenvalue weighted by molar-refractivity contribution is 6.33. The summed E-state index contributed by atoms with van der Waals surface area (Å²) in [7, 11) is 0. The number of halogens is 1. The molecule has 0 spiro atoms. The summed E-state index contributed by atoms with van der Waals surface area (Å²) in [5.74, 6) is -0.149. The number of hydrogen-bond acceptors (Lipinski definition) is 3. The molecule has 1 aliphatic heterocycles. The second kappa shape index (κ2) is 7.25. The molecular weight excluding hydrogens is 360 g/mol. The van der Waals surface area contributed by atoms with Gasteiger partial charge in [0.2, 0.25) is 0 Å². The van der Waals surface area contributed by atoms with E-state index < -0.39 is 6.04 Å². The van der Waals surface area contributed by atoms with Gasteiger partial charge in [-0.25, -0.2) is 5.01 Å². The summed E-state index contributed by atoms with van der Waals surface area (Å²) in [6.07, 6.45) is 0.512. The van der Waals surface area contributed by atoms with Crippen molar-refractivity contribution in [2.75, 3.05) is 0 Å². The van der Waals surface area contributed by atoms with Gasteiger partial charge in [0.15, 0.2) is 0 Å². The normalized spacial score (nSPS) is 16.3. The number of hydrogen-bond donors (Lipinski definition) is 1. The zero-order valence-corrected chi connectivity index (χ0v) is 15.2. The van der Waals surface area contributed by atoms with Crippen LogP contribution >= 0.6 is 11.6 Å². The third-order valence-corrected chi connectivity index (χ3v) is 4.96. The summed E-state index contributed by atoms with van der Waals surface area (Å²) >= 11 is 6.23. The van der Waals surface area contributed by atoms with E-state index in [9.17, 15) is 9.90 Å². The van der Waals surface area contributed by atoms with Crippen LogP contribution in [0.5, 0.6) is 5.75 Å². The van der Waals surface area contributed by atoms with Crippen molar-refractivity contribution in [1.82, 2.24) is 5.01 Å². The van der Waals surface area contributed by atoms with Gasteiger partial charge >= 0.3 is 0 Å². The smallest absolute Gasteiger partial charge is 0.276 e. The van der Waals surface area contributed by atoms with Gasteiger partial charge in [-0.15, -0.1) is 0 Å². The number of benzene rings is 3. The van der Waals surface area contributed by atoms with Gasteiger partial charge in [-0.05, 0) is 23.8 Å². The summed E-state index contributed by atoms with van der Waals surface area (Å²) in [4.78, 5) is 13.2. The van der Waals surface area contributed by atoms with Crippen LogP contribution in [0.2, 0.25) is 5.02 Å². The largest absolute Gasteiger partial charge is 0.508 e. The fourth-order valence-electron chi connectivity index (χ4n) is 3.27. The molecule has 4 nitrogen and oxygen atoms in total. The van der Waals surface area contributed by atoms with Gasteiger partial charge < -0.3 is 5.11 Å². The van der Waals surface area contributed by atoms with Gasteiger partial charge in [0.05, 0.1) is 22.3 Å². The van der Waals surface area contributed by atoms with E-state index in [2.05, 4.69) is 5.10 Å². The Balaban J connectivity index is 1.78. The van der Waals surface area contributed by atoms with E-state index in [4.69, 9.17) is 11.6 Å². The quantitative estimate of drug-likeness (QED) is 0.696. The second-order valence-electron chi connectivity index (χ2n) is 6.32. The molecule has 0 aromatic heterocycles. The number of phenols is 1. The number of aromatic hydroxyl groups is 1. The second-order valence-corrected chi connectivity index (χ2v) is 6.73. The topological polar surface area (TPSA) is 52.9 Å². The van der Waals surface area contributed by atoms with Gasteiger partial charge in [-0.2, -0.15) is 5.10 Å². The number of rotatable bonds is 3. The van der Waals surface area contributed by atoms with Crippen LogP contribution in [-0.4, -0.2) is 21.7 Å². The molecule has 1 atom stereocenters. The van der Waals surface area contributed by atoms with E-state index >= 15 is 0 Å². The summed E-state index contributed by atoms with van der Waals surface area (Å²) < 4.78 is 0. The van der Waals surface area contributed by atoms with Gasteiger partial charge in [0.1, 0.15) is 5.75 Å². The van der Waals surface area contributed by atoms with Crippen LogP contribution in [0.3, 0.4) is 0 Å². The van der Waals surface area contributed by atoms with Gasteiger partial charge in [0.25, 0.3) is 5.91 Å². The Bertz CT molecular complexity index is 1020. The maximum absolute atomic E-state index is 13.2. The van der Waals surface area contributed by atoms with Crippen molar-refractivity contribution in [2.45, 2.75) is 12.5 Å². The van der Waals surface area contributed by atoms with Gasteiger partial charge in [-0.1, -0.05) is 72.3 Å². The Morgan fingerprint density at radius 2 is 1.63 bits per heavy atom. The summed E-state index contributed by atoms with van der Waals surface area (Å²) in [5.41, 5.74) is 2.79. The number of carbonyl (C=O) groups is 1. The van der Waals surface area contributed by atoms with E-state index in [-0.39, 0.29) is 11.7 Å². The average molecular weight is 377 g/mol. The number of para-hydroxylation sites is 1. The van der Waals surface area contributed by atoms with Crippen LogP contribution < -0.4 is 0 Å². The molecule has 0 saturated heterocycles. The number of carbonyl (C=O) groups excluding carboxylic acids is 1. The van der Waals surface area contributed by atoms with E-state index in [0.29, 0.717) is 22.6 Å². The first-order valence-corrected chi connectivity index (χ1v) is 9.02. The molecule has 5 heteroatoms. The van der Waals surface area contributed by atoms with Crippen LogP contribution in [-0.2, 0) is 0 Å². The predicted molar refractivity (Wildman–Crippen MR) is 106 cm³/mol. The molecule has 0 radical (unpaired) electrons. The minimum absolute atomic E-state index is 0.143. The third kappa shape index (κ3) is 3.32. The summed E-state index contributed by atoms with van der Waals surface area (Å²) in [6.45, 7) is 0. The molecule has 134 valence electrons. The monoisotopic (exact) mass is 376 g/mol. The minimum Gasteiger partial charge on any atom is -0.508 e. The predicted octanol–water partition coefficient (Wildman–Crippen LogP) is 5.04. The molecule has 1 amide bonds. The minimum atomic E-state index is -0.398. The zero-order chi connectivity index (χ0) is 18.8. The van der Waals surface area contributed by atoms with Crippen molar-refractivity contribution >= 4 is 23.2 Å². The van der Waals surface area contributed by atoms with Crippen molar-refractivity contribution in [1.29, 1.82) is 0 Å². The number of amides is 1. The van der Waals surface area contributed by atoms with Crippen LogP contribution in [0.15, 0.2) is 84.0 Å². The fraction of sp³-hybridized carbons (Fsp3) is 0.0909. The molecule has 3 aromatic carbocycles. The van der Waals surface area contributed by atoms with Crippen LogP contribution in [0.4, 0.5) is 0 Å². The zero-order valence-electron chi connectivity index (χ0n) is 14.4. The average Bonchev–Trinajstić information content (AvgIpc) is 3.14. The van der Waals surface area contributed by atoms with Crippen molar-refractivity contribution in [2.24, 2.45) is 5.10 Å². The van der Waals surface area contributed by atoms with Crippen LogP contribution in [0.25, 0.3) is 0 Å². The lowest BCUT2D eigenvalue weighted by molar-refractivity contribution is 0.0710. The standard InChI is InChI=1S/C22H17ClN2O2/c23-18-12-6-4-10-16(18)22(27)25-20(17-11-5-7-13-21(17)26)14-19(24-25)15-8-2-1-3-9-15/h1-13,20,26H,14H2/t20-/m1/s1. The lowest BCUT2D eigenvalue weighted by Crippen LogP contribution is -2.27. The molecule has 0 aliphatic carbocycles. The van der Waals surface area contributed by atoms with E-state index in [1.54, 1.807) is 36.4 Å². The molecule has 1 aliphatic rings. The highest BCUT2D eigenvalue weighted by Gasteiger charge is 2.35. The Morgan fingerprint density at radius 1 is 0.963 bits per heavy atom. The lowest BCUT2D eigenvalue weighted by Gasteiger charge is -2.23. The molecule has 3 aromatic rings. The molecule has 0 unspecified atom stereocenters. The first kappa shape index (κ1) is 17.3. The van der Waals surface area contributed by atoms with Crippen LogP contribution in [0.1, 0.15) is 33.9 Å². The highest BCUT2D eigenvalue weighted by Crippen LogP contribution is 2.38. The molecule has 0 fully saturated rings. The molecule has 0 bridgehead atoms. The number of phenolic OH excluding ortho intramolecular Hbond substituents is 1. The Morgan fingerprint density at radius 3 is 2.37 bits per heavy atom. The SMILES string of the molecule is O=C(c1ccccc1Cl)N1N=C(c2ccccc2)C[C@@H]1c1ccccc1O. The lowest BCUT2D eigenvalue weighted by atomic mass is 9.97. The van der Waals surface area contributed by atoms with E-state index in [0.717, 1.165) is 11.3 Å². The molecule has 4 rings (SSSR count). The Kier molecular flexibility index (Phi) is 4.65. The van der Waals surface area contributed by atoms with Crippen molar-refractivity contribution in [3.05, 3.63) is 101 Å². The van der Waals surface area contributed by atoms with Gasteiger partial charge in [-0.3, -0.25) is 4.79 Å². The molecular formula is C22H17ClN2O2. The fourth-order valence-corrected chi connectivity index (χ4v) is 3.49. The summed E-state index contributed by atoms with van der Waals surface area (Å²) in [6, 6.07) is 23.3. The Hall–Kier alpha value is -3.11. The van der Waals surface area contributed by atoms with E-state index in [1.807, 2.05) is 42.5 Å². The number of hydrazone groups is 1. The molecule has 1 heterocycles. The number of nitrogens with zero attached hydrogens (tertiary/aromatic N) is 2. The molecule has 0 saturated carbocycles. The van der Waals surface area contributed by atoms with E-state index in [1.165, 1.54) is 5.01 Å². The first-order chi connectivity index (χ1) is 13.1. The van der Waals surface area contributed by atoms with Gasteiger partial charge in [0, 0.05) is 12.0 Å². The molecule has 1 N–H and O–H groups in total.